The molecule has 2 aliphatic rings. The van der Waals surface area contributed by atoms with Gasteiger partial charge in [-0.15, -0.1) is 0 Å². The van der Waals surface area contributed by atoms with Crippen molar-refractivity contribution in [3.05, 3.63) is 39.4 Å². The van der Waals surface area contributed by atoms with E-state index >= 15 is 4.39 Å². The molecule has 154 valence electrons. The van der Waals surface area contributed by atoms with Crippen molar-refractivity contribution in [2.24, 2.45) is 0 Å². The number of carboxylic acids is 2. The minimum atomic E-state index is -1.56. The lowest BCUT2D eigenvalue weighted by molar-refractivity contribution is -0.148. The summed E-state index contributed by atoms with van der Waals surface area (Å²) in [5.74, 6) is -3.54. The van der Waals surface area contributed by atoms with Crippen molar-refractivity contribution < 1.29 is 33.7 Å². The molecule has 1 saturated carbocycles. The molecule has 4 rings (SSSR count). The minimum Gasteiger partial charge on any atom is -0.494 e. The van der Waals surface area contributed by atoms with Gasteiger partial charge in [-0.1, -0.05) is 0 Å². The van der Waals surface area contributed by atoms with Gasteiger partial charge >= 0.3 is 11.9 Å². The van der Waals surface area contributed by atoms with E-state index < -0.39 is 34.2 Å². The zero-order valence-corrected chi connectivity index (χ0v) is 15.7. The number of methoxy groups -OCH3 is 1. The smallest absolute Gasteiger partial charge is 0.341 e. The number of hydrogen-bond donors (Lipinski definition) is 2. The van der Waals surface area contributed by atoms with Crippen LogP contribution in [0.4, 0.5) is 4.39 Å². The average Bonchev–Trinajstić information content (AvgIpc) is 3.53. The summed E-state index contributed by atoms with van der Waals surface area (Å²) in [5.41, 5.74) is -2.74. The maximum Gasteiger partial charge on any atom is 0.341 e. The van der Waals surface area contributed by atoms with E-state index in [0.29, 0.717) is 0 Å². The minimum absolute atomic E-state index is 0.0368. The Morgan fingerprint density at radius 2 is 1.93 bits per heavy atom. The van der Waals surface area contributed by atoms with Crippen molar-refractivity contribution in [3.8, 4) is 5.75 Å². The molecule has 1 aromatic carbocycles. The van der Waals surface area contributed by atoms with Crippen molar-refractivity contribution in [1.82, 2.24) is 4.57 Å². The Kier molecular flexibility index (Phi) is 4.57. The van der Waals surface area contributed by atoms with E-state index in [1.165, 1.54) is 13.3 Å². The highest BCUT2D eigenvalue weighted by Gasteiger charge is 2.47. The van der Waals surface area contributed by atoms with Crippen LogP contribution in [0.5, 0.6) is 5.75 Å². The molecule has 8 nitrogen and oxygen atoms in total. The molecule has 1 saturated heterocycles. The Morgan fingerprint density at radius 3 is 2.45 bits per heavy atom. The van der Waals surface area contributed by atoms with E-state index in [-0.39, 0.29) is 54.3 Å². The molecule has 0 spiro atoms. The molecule has 0 unspecified atom stereocenters. The Hall–Kier alpha value is -2.94. The molecular weight excluding hydrogens is 385 g/mol. The van der Waals surface area contributed by atoms with Crippen LogP contribution in [0.2, 0.25) is 0 Å². The lowest BCUT2D eigenvalue weighted by Crippen LogP contribution is -2.42. The van der Waals surface area contributed by atoms with Crippen LogP contribution in [-0.2, 0) is 14.9 Å². The number of benzene rings is 1. The van der Waals surface area contributed by atoms with E-state index in [4.69, 9.17) is 9.47 Å². The highest BCUT2D eigenvalue weighted by molar-refractivity contribution is 5.96. The number of ether oxygens (including phenoxy) is 2. The summed E-state index contributed by atoms with van der Waals surface area (Å²) in [7, 11) is 1.29. The fraction of sp³-hybridized carbons (Fsp3) is 0.450. The third kappa shape index (κ3) is 2.88. The number of halogens is 1. The number of aliphatic carboxylic acids is 1. The number of hydrogen-bond acceptors (Lipinski definition) is 5. The number of rotatable bonds is 5. The molecule has 1 aromatic heterocycles. The van der Waals surface area contributed by atoms with Gasteiger partial charge in [0.2, 0.25) is 5.43 Å². The molecule has 2 heterocycles. The van der Waals surface area contributed by atoms with E-state index in [0.717, 1.165) is 18.9 Å². The third-order valence-corrected chi connectivity index (χ3v) is 5.83. The molecule has 29 heavy (non-hydrogen) atoms. The summed E-state index contributed by atoms with van der Waals surface area (Å²) in [6.07, 6.45) is 2.89. The SMILES string of the molecule is COc1c(C2(C(=O)O)CCOCC2)c(F)cc2c(=O)c(C(=O)O)cn(C3CC3)c12. The average molecular weight is 405 g/mol. The van der Waals surface area contributed by atoms with Crippen molar-refractivity contribution >= 4 is 22.8 Å². The van der Waals surface area contributed by atoms with E-state index in [2.05, 4.69) is 0 Å². The summed E-state index contributed by atoms with van der Waals surface area (Å²) < 4.78 is 27.7. The predicted molar refractivity (Wildman–Crippen MR) is 99.3 cm³/mol. The molecular formula is C20H20FNO7. The van der Waals surface area contributed by atoms with Crippen molar-refractivity contribution in [3.63, 3.8) is 0 Å². The molecule has 0 radical (unpaired) electrons. The maximum atomic E-state index is 15.3. The second-order valence-electron chi connectivity index (χ2n) is 7.48. The van der Waals surface area contributed by atoms with E-state index in [1.54, 1.807) is 4.57 Å². The number of fused-ring (bicyclic) bond motifs is 1. The van der Waals surface area contributed by atoms with Gasteiger partial charge in [0.1, 0.15) is 16.8 Å². The molecule has 0 atom stereocenters. The first-order chi connectivity index (χ1) is 13.8. The van der Waals surface area contributed by atoms with Gasteiger partial charge in [-0.3, -0.25) is 9.59 Å². The van der Waals surface area contributed by atoms with Crippen LogP contribution in [-0.4, -0.2) is 47.0 Å². The number of aromatic carboxylic acids is 1. The van der Waals surface area contributed by atoms with Crippen LogP contribution in [0.1, 0.15) is 47.6 Å². The number of carbonyl (C=O) groups is 2. The summed E-state index contributed by atoms with van der Waals surface area (Å²) in [6.45, 7) is 0.306. The Bertz CT molecular complexity index is 1080. The highest BCUT2D eigenvalue weighted by atomic mass is 19.1. The number of pyridine rings is 1. The molecule has 0 bridgehead atoms. The fourth-order valence-corrected chi connectivity index (χ4v) is 4.18. The van der Waals surface area contributed by atoms with E-state index in [1.807, 2.05) is 0 Å². The molecule has 2 fully saturated rings. The molecule has 2 N–H and O–H groups in total. The van der Waals surface area contributed by atoms with Gasteiger partial charge in [-0.25, -0.2) is 9.18 Å². The number of aromatic nitrogens is 1. The van der Waals surface area contributed by atoms with Crippen LogP contribution < -0.4 is 10.2 Å². The van der Waals surface area contributed by atoms with Crippen LogP contribution in [0.3, 0.4) is 0 Å². The van der Waals surface area contributed by atoms with Crippen LogP contribution >= 0.6 is 0 Å². The van der Waals surface area contributed by atoms with Gasteiger partial charge in [0.15, 0.2) is 5.75 Å². The van der Waals surface area contributed by atoms with Crippen LogP contribution in [0.15, 0.2) is 17.1 Å². The zero-order valence-electron chi connectivity index (χ0n) is 15.7. The predicted octanol–water partition coefficient (Wildman–Crippen LogP) is 2.32. The Morgan fingerprint density at radius 1 is 1.28 bits per heavy atom. The largest absolute Gasteiger partial charge is 0.494 e. The topological polar surface area (TPSA) is 115 Å². The third-order valence-electron chi connectivity index (χ3n) is 5.83. The molecule has 9 heteroatoms. The maximum absolute atomic E-state index is 15.3. The number of carboxylic acid groups (broad SMARTS) is 2. The van der Waals surface area contributed by atoms with Gasteiger partial charge in [-0.2, -0.15) is 0 Å². The summed E-state index contributed by atoms with van der Waals surface area (Å²) in [4.78, 5) is 36.5. The standard InChI is InChI=1S/C20H20FNO7/c1-28-17-14(20(19(26)27)4-6-29-7-5-20)13(21)8-11-15(17)22(10-2-3-10)9-12(16(11)23)18(24)25/h8-10H,2-7H2,1H3,(H,24,25)(H,26,27). The van der Waals surface area contributed by atoms with Crippen molar-refractivity contribution in [2.45, 2.75) is 37.1 Å². The normalized spacial score (nSPS) is 18.6. The van der Waals surface area contributed by atoms with Crippen LogP contribution in [0.25, 0.3) is 10.9 Å². The Labute approximate surface area is 164 Å². The lowest BCUT2D eigenvalue weighted by atomic mass is 9.73. The van der Waals surface area contributed by atoms with Crippen LogP contribution in [0, 0.1) is 5.82 Å². The molecule has 0 amide bonds. The second-order valence-corrected chi connectivity index (χ2v) is 7.48. The monoisotopic (exact) mass is 405 g/mol. The van der Waals surface area contributed by atoms with Gasteiger partial charge in [0.05, 0.1) is 18.0 Å². The van der Waals surface area contributed by atoms with Crippen molar-refractivity contribution in [1.29, 1.82) is 0 Å². The fourth-order valence-electron chi connectivity index (χ4n) is 4.18. The van der Waals surface area contributed by atoms with Gasteiger partial charge in [0, 0.05) is 31.0 Å². The lowest BCUT2D eigenvalue weighted by Gasteiger charge is -2.35. The molecule has 1 aliphatic heterocycles. The summed E-state index contributed by atoms with van der Waals surface area (Å²) in [5, 5.41) is 19.3. The van der Waals surface area contributed by atoms with Crippen molar-refractivity contribution in [2.75, 3.05) is 20.3 Å². The number of nitrogens with zero attached hydrogens (tertiary/aromatic N) is 1. The first-order valence-electron chi connectivity index (χ1n) is 9.32. The Balaban J connectivity index is 2.13. The zero-order chi connectivity index (χ0) is 20.9. The summed E-state index contributed by atoms with van der Waals surface area (Å²) in [6, 6.07) is 0.889. The quantitative estimate of drug-likeness (QED) is 0.784. The first-order valence-corrected chi connectivity index (χ1v) is 9.32. The second kappa shape index (κ2) is 6.84. The van der Waals surface area contributed by atoms with Gasteiger partial charge < -0.3 is 24.3 Å². The molecule has 1 aliphatic carbocycles. The highest BCUT2D eigenvalue weighted by Crippen LogP contribution is 2.47. The van der Waals surface area contributed by atoms with Gasteiger partial charge in [-0.05, 0) is 31.7 Å². The van der Waals surface area contributed by atoms with Gasteiger partial charge in [0.25, 0.3) is 0 Å². The first kappa shape index (κ1) is 19.4. The molecule has 2 aromatic rings. The van der Waals surface area contributed by atoms with E-state index in [9.17, 15) is 24.6 Å². The summed E-state index contributed by atoms with van der Waals surface area (Å²) >= 11 is 0.